The molecule has 3 aromatic rings. The lowest BCUT2D eigenvalue weighted by Gasteiger charge is -2.08. The molecule has 0 fully saturated rings. The van der Waals surface area contributed by atoms with Gasteiger partial charge in [-0.25, -0.2) is 9.97 Å². The minimum Gasteiger partial charge on any atom is -0.497 e. The fourth-order valence-corrected chi connectivity index (χ4v) is 2.22. The zero-order valence-corrected chi connectivity index (χ0v) is 13.8. The van der Waals surface area contributed by atoms with E-state index in [1.54, 1.807) is 7.11 Å². The molecule has 2 N–H and O–H groups in total. The van der Waals surface area contributed by atoms with Gasteiger partial charge in [0.25, 0.3) is 5.91 Å². The molecule has 2 aromatic carbocycles. The third-order valence-corrected chi connectivity index (χ3v) is 3.54. The second kappa shape index (κ2) is 7.92. The molecule has 6 nitrogen and oxygen atoms in total. The van der Waals surface area contributed by atoms with Crippen LogP contribution in [-0.2, 0) is 6.54 Å². The highest BCUT2D eigenvalue weighted by molar-refractivity contribution is 5.93. The molecule has 0 radical (unpaired) electrons. The Hall–Kier alpha value is -3.41. The van der Waals surface area contributed by atoms with Crippen LogP contribution < -0.4 is 15.4 Å². The molecule has 0 saturated carbocycles. The fraction of sp³-hybridized carbons (Fsp3) is 0.105. The number of rotatable bonds is 6. The Balaban J connectivity index is 1.60. The van der Waals surface area contributed by atoms with Gasteiger partial charge in [0.1, 0.15) is 5.75 Å². The van der Waals surface area contributed by atoms with E-state index >= 15 is 0 Å². The van der Waals surface area contributed by atoms with Gasteiger partial charge in [0, 0.05) is 30.7 Å². The molecular weight excluding hydrogens is 316 g/mol. The first kappa shape index (κ1) is 16.4. The third-order valence-electron chi connectivity index (χ3n) is 3.54. The van der Waals surface area contributed by atoms with E-state index in [1.165, 1.54) is 12.4 Å². The number of benzene rings is 2. The van der Waals surface area contributed by atoms with Gasteiger partial charge in [0.05, 0.1) is 12.7 Å². The highest BCUT2D eigenvalue weighted by Gasteiger charge is 2.07. The Morgan fingerprint density at radius 3 is 2.52 bits per heavy atom. The molecule has 1 aromatic heterocycles. The second-order valence-corrected chi connectivity index (χ2v) is 5.32. The first-order valence-corrected chi connectivity index (χ1v) is 7.80. The summed E-state index contributed by atoms with van der Waals surface area (Å²) in [6.45, 7) is 0.462. The summed E-state index contributed by atoms with van der Waals surface area (Å²) in [7, 11) is 1.61. The van der Waals surface area contributed by atoms with Gasteiger partial charge in [-0.2, -0.15) is 0 Å². The quantitative estimate of drug-likeness (QED) is 0.724. The second-order valence-electron chi connectivity index (χ2n) is 5.32. The first-order valence-electron chi connectivity index (χ1n) is 7.80. The normalized spacial score (nSPS) is 10.1. The average molecular weight is 334 g/mol. The predicted octanol–water partition coefficient (Wildman–Crippen LogP) is 3.16. The summed E-state index contributed by atoms with van der Waals surface area (Å²) in [6.07, 6.45) is 2.99. The van der Waals surface area contributed by atoms with Crippen molar-refractivity contribution in [1.82, 2.24) is 15.3 Å². The molecule has 0 aliphatic rings. The summed E-state index contributed by atoms with van der Waals surface area (Å²) < 4.78 is 5.17. The summed E-state index contributed by atoms with van der Waals surface area (Å²) in [4.78, 5) is 20.5. The number of aromatic nitrogens is 2. The lowest BCUT2D eigenvalue weighted by atomic mass is 10.2. The molecule has 0 spiro atoms. The van der Waals surface area contributed by atoms with Gasteiger partial charge in [-0.1, -0.05) is 36.4 Å². The largest absolute Gasteiger partial charge is 0.497 e. The molecule has 6 heteroatoms. The maximum Gasteiger partial charge on any atom is 0.254 e. The maximum atomic E-state index is 12.1. The van der Waals surface area contributed by atoms with E-state index in [0.29, 0.717) is 18.1 Å². The number of amides is 1. The highest BCUT2D eigenvalue weighted by atomic mass is 16.5. The van der Waals surface area contributed by atoms with E-state index in [1.807, 2.05) is 54.6 Å². The topological polar surface area (TPSA) is 76.1 Å². The molecule has 0 saturated heterocycles. The Bertz CT molecular complexity index is 836. The van der Waals surface area contributed by atoms with Crippen LogP contribution in [-0.4, -0.2) is 23.0 Å². The molecular formula is C19H18N4O2. The van der Waals surface area contributed by atoms with Gasteiger partial charge in [-0.3, -0.25) is 4.79 Å². The molecule has 126 valence electrons. The lowest BCUT2D eigenvalue weighted by molar-refractivity contribution is 0.0950. The molecule has 0 unspecified atom stereocenters. The van der Waals surface area contributed by atoms with Gasteiger partial charge >= 0.3 is 0 Å². The van der Waals surface area contributed by atoms with Crippen molar-refractivity contribution in [3.63, 3.8) is 0 Å². The van der Waals surface area contributed by atoms with Crippen LogP contribution in [0.4, 0.5) is 11.6 Å². The first-order chi connectivity index (χ1) is 12.2. The van der Waals surface area contributed by atoms with Crippen LogP contribution in [0.5, 0.6) is 5.75 Å². The molecule has 0 bridgehead atoms. The van der Waals surface area contributed by atoms with Crippen molar-refractivity contribution < 1.29 is 9.53 Å². The third kappa shape index (κ3) is 4.54. The minimum atomic E-state index is -0.211. The van der Waals surface area contributed by atoms with E-state index in [4.69, 9.17) is 4.74 Å². The number of hydrogen-bond acceptors (Lipinski definition) is 5. The molecule has 1 amide bonds. The summed E-state index contributed by atoms with van der Waals surface area (Å²) >= 11 is 0. The monoisotopic (exact) mass is 334 g/mol. The van der Waals surface area contributed by atoms with Crippen molar-refractivity contribution in [2.75, 3.05) is 12.4 Å². The van der Waals surface area contributed by atoms with Gasteiger partial charge < -0.3 is 15.4 Å². The van der Waals surface area contributed by atoms with E-state index in [2.05, 4.69) is 20.6 Å². The standard InChI is InChI=1S/C19H18N4O2/c1-25-17-9-5-8-16(10-17)23-19-21-12-15(13-22-19)18(24)20-11-14-6-3-2-4-7-14/h2-10,12-13H,11H2,1H3,(H,20,24)(H,21,22,23). The number of ether oxygens (including phenoxy) is 1. The molecule has 0 aliphatic carbocycles. The number of carbonyl (C=O) groups is 1. The summed E-state index contributed by atoms with van der Waals surface area (Å²) in [6, 6.07) is 17.2. The van der Waals surface area contributed by atoms with Crippen LogP contribution in [0.25, 0.3) is 0 Å². The smallest absolute Gasteiger partial charge is 0.254 e. The Labute approximate surface area is 145 Å². The molecule has 1 heterocycles. The highest BCUT2D eigenvalue weighted by Crippen LogP contribution is 2.19. The Kier molecular flexibility index (Phi) is 5.21. The average Bonchev–Trinajstić information content (AvgIpc) is 2.67. The van der Waals surface area contributed by atoms with Gasteiger partial charge in [0.2, 0.25) is 5.95 Å². The SMILES string of the molecule is COc1cccc(Nc2ncc(C(=O)NCc3ccccc3)cn2)c1. The van der Waals surface area contributed by atoms with Crippen molar-refractivity contribution in [2.45, 2.75) is 6.54 Å². The summed E-state index contributed by atoms with van der Waals surface area (Å²) in [5, 5.41) is 5.91. The molecule has 0 atom stereocenters. The van der Waals surface area contributed by atoms with Gasteiger partial charge in [0.15, 0.2) is 0 Å². The zero-order valence-electron chi connectivity index (χ0n) is 13.8. The van der Waals surface area contributed by atoms with Crippen LogP contribution in [0.1, 0.15) is 15.9 Å². The van der Waals surface area contributed by atoms with Crippen molar-refractivity contribution in [1.29, 1.82) is 0 Å². The molecule has 0 aliphatic heterocycles. The van der Waals surface area contributed by atoms with E-state index in [0.717, 1.165) is 17.0 Å². The van der Waals surface area contributed by atoms with Crippen LogP contribution in [0, 0.1) is 0 Å². The van der Waals surface area contributed by atoms with E-state index < -0.39 is 0 Å². The van der Waals surface area contributed by atoms with Gasteiger partial charge in [-0.15, -0.1) is 0 Å². The van der Waals surface area contributed by atoms with Crippen molar-refractivity contribution in [2.24, 2.45) is 0 Å². The van der Waals surface area contributed by atoms with Crippen LogP contribution in [0.15, 0.2) is 67.0 Å². The summed E-state index contributed by atoms with van der Waals surface area (Å²) in [5.74, 6) is 0.937. The van der Waals surface area contributed by atoms with E-state index in [9.17, 15) is 4.79 Å². The van der Waals surface area contributed by atoms with Crippen LogP contribution in [0.2, 0.25) is 0 Å². The maximum absolute atomic E-state index is 12.1. The summed E-state index contributed by atoms with van der Waals surface area (Å²) in [5.41, 5.74) is 2.25. The number of nitrogens with zero attached hydrogens (tertiary/aromatic N) is 2. The number of nitrogens with one attached hydrogen (secondary N) is 2. The number of carbonyl (C=O) groups excluding carboxylic acids is 1. The number of hydrogen-bond donors (Lipinski definition) is 2. The minimum absolute atomic E-state index is 0.211. The van der Waals surface area contributed by atoms with Crippen molar-refractivity contribution >= 4 is 17.5 Å². The van der Waals surface area contributed by atoms with Crippen LogP contribution >= 0.6 is 0 Å². The van der Waals surface area contributed by atoms with Crippen LogP contribution in [0.3, 0.4) is 0 Å². The molecule has 3 rings (SSSR count). The Morgan fingerprint density at radius 1 is 1.04 bits per heavy atom. The number of methoxy groups -OCH3 is 1. The van der Waals surface area contributed by atoms with Crippen molar-refractivity contribution in [3.05, 3.63) is 78.1 Å². The van der Waals surface area contributed by atoms with Crippen molar-refractivity contribution in [3.8, 4) is 5.75 Å². The van der Waals surface area contributed by atoms with Gasteiger partial charge in [-0.05, 0) is 17.7 Å². The predicted molar refractivity (Wildman–Crippen MR) is 95.9 cm³/mol. The fourth-order valence-electron chi connectivity index (χ4n) is 2.22. The number of anilines is 2. The Morgan fingerprint density at radius 2 is 1.80 bits per heavy atom. The van der Waals surface area contributed by atoms with E-state index in [-0.39, 0.29) is 5.91 Å². The molecule has 25 heavy (non-hydrogen) atoms. The zero-order chi connectivity index (χ0) is 17.5. The lowest BCUT2D eigenvalue weighted by Crippen LogP contribution is -2.23.